The Kier molecular flexibility index (Phi) is 7.62. The van der Waals surface area contributed by atoms with E-state index < -0.39 is 34.1 Å². The molecule has 3 N–H and O–H groups in total. The van der Waals surface area contributed by atoms with Gasteiger partial charge in [0, 0.05) is 23.3 Å². The molecule has 0 aromatic carbocycles. The second kappa shape index (κ2) is 9.98. The number of allylic oxidation sites excluding steroid dienone is 4. The number of alkyl halides is 1. The van der Waals surface area contributed by atoms with Crippen molar-refractivity contribution in [2.24, 2.45) is 28.6 Å². The maximum Gasteiger partial charge on any atom is 0.252 e. The molecule has 4 aliphatic rings. The van der Waals surface area contributed by atoms with E-state index in [0.717, 1.165) is 24.8 Å². The molecule has 0 radical (unpaired) electrons. The fourth-order valence-corrected chi connectivity index (χ4v) is 8.45. The molecule has 0 spiro atoms. The lowest BCUT2D eigenvalue weighted by Crippen LogP contribution is -2.70. The number of fused-ring (bicyclic) bond motifs is 5. The van der Waals surface area contributed by atoms with Crippen LogP contribution < -0.4 is 5.32 Å². The van der Waals surface area contributed by atoms with Gasteiger partial charge in [-0.15, -0.1) is 0 Å². The van der Waals surface area contributed by atoms with Crippen LogP contribution in [0.5, 0.6) is 0 Å². The van der Waals surface area contributed by atoms with Crippen molar-refractivity contribution in [2.45, 2.75) is 116 Å². The Labute approximate surface area is 216 Å². The summed E-state index contributed by atoms with van der Waals surface area (Å²) in [6.45, 7) is 8.28. The van der Waals surface area contributed by atoms with E-state index in [1.165, 1.54) is 37.8 Å². The van der Waals surface area contributed by atoms with Crippen molar-refractivity contribution >= 4 is 11.7 Å². The second-order valence-corrected chi connectivity index (χ2v) is 12.5. The Morgan fingerprint density at radius 2 is 1.81 bits per heavy atom. The minimum atomic E-state index is -1.95. The molecule has 4 rings (SSSR count). The number of carbonyl (C=O) groups is 2. The highest BCUT2D eigenvalue weighted by molar-refractivity contribution is 6.01. The summed E-state index contributed by atoms with van der Waals surface area (Å²) in [5, 5.41) is 26.4. The normalized spacial score (nSPS) is 43.4. The van der Waals surface area contributed by atoms with E-state index in [1.807, 2.05) is 13.8 Å². The molecule has 1 amide bonds. The van der Waals surface area contributed by atoms with Crippen molar-refractivity contribution in [1.29, 1.82) is 0 Å². The van der Waals surface area contributed by atoms with E-state index in [2.05, 4.69) is 12.2 Å². The maximum atomic E-state index is 17.2. The fourth-order valence-electron chi connectivity index (χ4n) is 8.45. The van der Waals surface area contributed by atoms with Crippen LogP contribution in [-0.2, 0) is 9.59 Å². The summed E-state index contributed by atoms with van der Waals surface area (Å²) in [5.74, 6) is -1.60. The van der Waals surface area contributed by atoms with Crippen LogP contribution in [0.4, 0.5) is 4.39 Å². The smallest absolute Gasteiger partial charge is 0.252 e. The number of nitrogens with one attached hydrogen (secondary N) is 1. The van der Waals surface area contributed by atoms with Crippen molar-refractivity contribution in [2.75, 3.05) is 6.54 Å². The van der Waals surface area contributed by atoms with Gasteiger partial charge >= 0.3 is 0 Å². The Morgan fingerprint density at radius 3 is 2.50 bits per heavy atom. The Bertz CT molecular complexity index is 932. The molecule has 3 saturated carbocycles. The summed E-state index contributed by atoms with van der Waals surface area (Å²) in [6.07, 6.45) is 12.9. The zero-order chi connectivity index (χ0) is 26.4. The van der Waals surface area contributed by atoms with E-state index >= 15 is 4.39 Å². The standard InChI is InChI=1S/C30H46FNO4/c1-5-6-7-8-9-10-11-16-32-26(35)30(36)20(2)17-24-23-13-12-21-18-22(33)14-15-27(21,3)29(23,31)25(34)19-28(24,30)4/h14-15,18,20,23-25,34,36H,5-13,16-17,19H2,1-4H3,(H,32,35). The lowest BCUT2D eigenvalue weighted by molar-refractivity contribution is -0.219. The second-order valence-electron chi connectivity index (χ2n) is 12.5. The number of hydrogen-bond donors (Lipinski definition) is 3. The predicted octanol–water partition coefficient (Wildman–Crippen LogP) is 5.20. The maximum absolute atomic E-state index is 17.2. The molecule has 6 heteroatoms. The van der Waals surface area contributed by atoms with Gasteiger partial charge in [0.15, 0.2) is 17.1 Å². The molecule has 4 aliphatic carbocycles. The number of ketones is 1. The SMILES string of the molecule is CCCCCCCCCNC(=O)C1(O)C(C)CC2C3CCC4=CC(=O)C=CC4(C)C3(F)C(O)CC21C. The zero-order valence-electron chi connectivity index (χ0n) is 22.6. The summed E-state index contributed by atoms with van der Waals surface area (Å²) in [5.41, 5.74) is -4.85. The molecule has 5 nitrogen and oxygen atoms in total. The topological polar surface area (TPSA) is 86.6 Å². The van der Waals surface area contributed by atoms with Gasteiger partial charge in [-0.2, -0.15) is 0 Å². The van der Waals surface area contributed by atoms with Gasteiger partial charge in [0.1, 0.15) is 0 Å². The largest absolute Gasteiger partial charge is 0.390 e. The van der Waals surface area contributed by atoms with Crippen LogP contribution in [0.15, 0.2) is 23.8 Å². The molecule has 0 bridgehead atoms. The number of aliphatic hydroxyl groups is 2. The van der Waals surface area contributed by atoms with Crippen molar-refractivity contribution in [3.05, 3.63) is 23.8 Å². The average molecular weight is 504 g/mol. The van der Waals surface area contributed by atoms with Gasteiger partial charge in [0.2, 0.25) is 0 Å². The van der Waals surface area contributed by atoms with E-state index in [4.69, 9.17) is 0 Å². The van der Waals surface area contributed by atoms with E-state index in [-0.39, 0.29) is 29.9 Å². The molecule has 0 heterocycles. The lowest BCUT2D eigenvalue weighted by Gasteiger charge is -2.62. The first-order valence-electron chi connectivity index (χ1n) is 14.3. The van der Waals surface area contributed by atoms with Crippen LogP contribution >= 0.6 is 0 Å². The van der Waals surface area contributed by atoms with Gasteiger partial charge in [-0.25, -0.2) is 4.39 Å². The highest BCUT2D eigenvalue weighted by atomic mass is 19.1. The Hall–Kier alpha value is -1.53. The monoisotopic (exact) mass is 503 g/mol. The minimum absolute atomic E-state index is 0.0149. The first kappa shape index (κ1) is 27.5. The molecule has 0 aromatic heterocycles. The van der Waals surface area contributed by atoms with Crippen LogP contribution in [0.2, 0.25) is 0 Å². The number of unbranched alkanes of at least 4 members (excludes halogenated alkanes) is 6. The third-order valence-electron chi connectivity index (χ3n) is 10.6. The van der Waals surface area contributed by atoms with Gasteiger partial charge in [0.25, 0.3) is 5.91 Å². The lowest BCUT2D eigenvalue weighted by atomic mass is 9.44. The molecule has 0 saturated heterocycles. The number of rotatable bonds is 9. The Morgan fingerprint density at radius 1 is 1.14 bits per heavy atom. The molecule has 0 aliphatic heterocycles. The van der Waals surface area contributed by atoms with Gasteiger partial charge in [-0.1, -0.05) is 70.9 Å². The van der Waals surface area contributed by atoms with Crippen LogP contribution in [0.25, 0.3) is 0 Å². The van der Waals surface area contributed by atoms with E-state index in [1.54, 1.807) is 13.0 Å². The third kappa shape index (κ3) is 3.93. The number of halogens is 1. The molecule has 8 unspecified atom stereocenters. The summed E-state index contributed by atoms with van der Waals surface area (Å²) >= 11 is 0. The molecular weight excluding hydrogens is 457 g/mol. The number of carbonyl (C=O) groups excluding carboxylic acids is 2. The van der Waals surface area contributed by atoms with Crippen LogP contribution in [0, 0.1) is 28.6 Å². The summed E-state index contributed by atoms with van der Waals surface area (Å²) in [7, 11) is 0. The highest BCUT2D eigenvalue weighted by Gasteiger charge is 2.75. The van der Waals surface area contributed by atoms with E-state index in [0.29, 0.717) is 25.8 Å². The summed E-state index contributed by atoms with van der Waals surface area (Å²) < 4.78 is 17.2. The highest BCUT2D eigenvalue weighted by Crippen LogP contribution is 2.70. The molecule has 36 heavy (non-hydrogen) atoms. The van der Waals surface area contributed by atoms with Gasteiger partial charge in [0.05, 0.1) is 6.10 Å². The number of hydrogen-bond acceptors (Lipinski definition) is 4. The van der Waals surface area contributed by atoms with Gasteiger partial charge in [-0.3, -0.25) is 9.59 Å². The van der Waals surface area contributed by atoms with Crippen LogP contribution in [0.3, 0.4) is 0 Å². The fraction of sp³-hybridized carbons (Fsp3) is 0.800. The van der Waals surface area contributed by atoms with Crippen molar-refractivity contribution in [3.63, 3.8) is 0 Å². The first-order valence-corrected chi connectivity index (χ1v) is 14.3. The van der Waals surface area contributed by atoms with E-state index in [9.17, 15) is 19.8 Å². The summed E-state index contributed by atoms with van der Waals surface area (Å²) in [4.78, 5) is 25.5. The Balaban J connectivity index is 1.50. The number of amides is 1. The minimum Gasteiger partial charge on any atom is -0.390 e. The zero-order valence-corrected chi connectivity index (χ0v) is 22.6. The first-order chi connectivity index (χ1) is 17.0. The summed E-state index contributed by atoms with van der Waals surface area (Å²) in [6, 6.07) is 0. The molecule has 0 aromatic rings. The molecular formula is C30H46FNO4. The third-order valence-corrected chi connectivity index (χ3v) is 10.6. The van der Waals surface area contributed by atoms with Crippen molar-refractivity contribution in [1.82, 2.24) is 5.32 Å². The van der Waals surface area contributed by atoms with Gasteiger partial charge in [-0.05, 0) is 63.0 Å². The van der Waals surface area contributed by atoms with Crippen molar-refractivity contribution < 1.29 is 24.2 Å². The van der Waals surface area contributed by atoms with Gasteiger partial charge < -0.3 is 15.5 Å². The predicted molar refractivity (Wildman–Crippen MR) is 139 cm³/mol. The number of aliphatic hydroxyl groups excluding tert-OH is 1. The quantitative estimate of drug-likeness (QED) is 0.378. The van der Waals surface area contributed by atoms with Crippen molar-refractivity contribution in [3.8, 4) is 0 Å². The van der Waals surface area contributed by atoms with Crippen LogP contribution in [0.1, 0.15) is 98.3 Å². The molecule has 202 valence electrons. The van der Waals surface area contributed by atoms with Crippen LogP contribution in [-0.4, -0.2) is 45.8 Å². The average Bonchev–Trinajstić information content (AvgIpc) is 3.03. The molecule has 8 atom stereocenters. The molecule has 3 fully saturated rings.